The fourth-order valence-corrected chi connectivity index (χ4v) is 2.17. The molecule has 3 nitrogen and oxygen atoms in total. The molecule has 1 heterocycles. The van der Waals surface area contributed by atoms with Crippen LogP contribution < -0.4 is 5.32 Å². The molecule has 2 atom stereocenters. The molecule has 0 fully saturated rings. The van der Waals surface area contributed by atoms with E-state index < -0.39 is 0 Å². The van der Waals surface area contributed by atoms with Gasteiger partial charge in [-0.1, -0.05) is 34.6 Å². The normalized spacial score (nSPS) is 15.7. The van der Waals surface area contributed by atoms with Gasteiger partial charge in [0, 0.05) is 18.8 Å². The summed E-state index contributed by atoms with van der Waals surface area (Å²) in [6.45, 7) is 15.5. The van der Waals surface area contributed by atoms with Crippen molar-refractivity contribution in [3.8, 4) is 0 Å². The molecule has 3 heteroatoms. The summed E-state index contributed by atoms with van der Waals surface area (Å²) < 4.78 is 2.10. The molecule has 1 N–H and O–H groups in total. The predicted molar refractivity (Wildman–Crippen MR) is 77.6 cm³/mol. The van der Waals surface area contributed by atoms with Gasteiger partial charge in [-0.15, -0.1) is 0 Å². The SMILES string of the molecule is CCNC(CC(C)C(C)(C)C)c1ccnn1CC. The molecule has 0 saturated carbocycles. The zero-order valence-corrected chi connectivity index (χ0v) is 12.8. The van der Waals surface area contributed by atoms with Gasteiger partial charge in [0.2, 0.25) is 0 Å². The number of nitrogens with zero attached hydrogens (tertiary/aromatic N) is 2. The lowest BCUT2D eigenvalue weighted by atomic mass is 9.78. The molecular formula is C15H29N3. The zero-order chi connectivity index (χ0) is 13.8. The fourth-order valence-electron chi connectivity index (χ4n) is 2.17. The lowest BCUT2D eigenvalue weighted by molar-refractivity contribution is 0.220. The topological polar surface area (TPSA) is 29.9 Å². The van der Waals surface area contributed by atoms with Gasteiger partial charge in [0.25, 0.3) is 0 Å². The van der Waals surface area contributed by atoms with E-state index in [4.69, 9.17) is 0 Å². The van der Waals surface area contributed by atoms with Crippen LogP contribution in [-0.2, 0) is 6.54 Å². The maximum absolute atomic E-state index is 4.38. The molecule has 1 aromatic heterocycles. The second-order valence-corrected chi connectivity index (χ2v) is 6.18. The molecule has 0 aliphatic heterocycles. The molecule has 0 saturated heterocycles. The Kier molecular flexibility index (Phi) is 5.39. The number of hydrogen-bond acceptors (Lipinski definition) is 2. The Labute approximate surface area is 112 Å². The third-order valence-electron chi connectivity index (χ3n) is 3.92. The number of hydrogen-bond donors (Lipinski definition) is 1. The average Bonchev–Trinajstić information content (AvgIpc) is 2.74. The molecule has 0 bridgehead atoms. The van der Waals surface area contributed by atoms with Crippen LogP contribution in [0.15, 0.2) is 12.3 Å². The third kappa shape index (κ3) is 3.84. The first kappa shape index (κ1) is 15.2. The highest BCUT2D eigenvalue weighted by Gasteiger charge is 2.25. The summed E-state index contributed by atoms with van der Waals surface area (Å²) in [7, 11) is 0. The van der Waals surface area contributed by atoms with Gasteiger partial charge < -0.3 is 5.32 Å². The van der Waals surface area contributed by atoms with Gasteiger partial charge in [-0.3, -0.25) is 4.68 Å². The maximum atomic E-state index is 4.38. The van der Waals surface area contributed by atoms with Crippen LogP contribution in [0.5, 0.6) is 0 Å². The Bertz CT molecular complexity index is 349. The van der Waals surface area contributed by atoms with E-state index in [9.17, 15) is 0 Å². The molecule has 0 aliphatic carbocycles. The Balaban J connectivity index is 2.83. The van der Waals surface area contributed by atoms with Gasteiger partial charge in [-0.05, 0) is 37.3 Å². The summed E-state index contributed by atoms with van der Waals surface area (Å²) >= 11 is 0. The Morgan fingerprint density at radius 1 is 1.33 bits per heavy atom. The van der Waals surface area contributed by atoms with E-state index in [-0.39, 0.29) is 0 Å². The van der Waals surface area contributed by atoms with Crippen molar-refractivity contribution in [2.24, 2.45) is 11.3 Å². The van der Waals surface area contributed by atoms with Crippen molar-refractivity contribution >= 4 is 0 Å². The van der Waals surface area contributed by atoms with Crippen LogP contribution in [0, 0.1) is 11.3 Å². The first-order chi connectivity index (χ1) is 8.40. The molecule has 104 valence electrons. The second-order valence-electron chi connectivity index (χ2n) is 6.18. The first-order valence-electron chi connectivity index (χ1n) is 7.15. The fraction of sp³-hybridized carbons (Fsp3) is 0.800. The molecule has 1 aromatic rings. The molecule has 2 unspecified atom stereocenters. The van der Waals surface area contributed by atoms with Gasteiger partial charge in [0.05, 0.1) is 5.69 Å². The van der Waals surface area contributed by atoms with Gasteiger partial charge in [0.15, 0.2) is 0 Å². The Morgan fingerprint density at radius 2 is 2.00 bits per heavy atom. The number of aryl methyl sites for hydroxylation is 1. The average molecular weight is 251 g/mol. The number of rotatable bonds is 6. The van der Waals surface area contributed by atoms with Gasteiger partial charge in [-0.2, -0.15) is 5.10 Å². The highest BCUT2D eigenvalue weighted by atomic mass is 15.3. The summed E-state index contributed by atoms with van der Waals surface area (Å²) in [6.07, 6.45) is 3.06. The number of nitrogens with one attached hydrogen (secondary N) is 1. The minimum atomic E-state index is 0.352. The highest BCUT2D eigenvalue weighted by molar-refractivity contribution is 5.07. The van der Waals surface area contributed by atoms with Crippen molar-refractivity contribution in [1.82, 2.24) is 15.1 Å². The minimum Gasteiger partial charge on any atom is -0.309 e. The van der Waals surface area contributed by atoms with Crippen molar-refractivity contribution < 1.29 is 0 Å². The van der Waals surface area contributed by atoms with Crippen LogP contribution in [0.4, 0.5) is 0 Å². The van der Waals surface area contributed by atoms with E-state index in [2.05, 4.69) is 62.7 Å². The van der Waals surface area contributed by atoms with E-state index >= 15 is 0 Å². The summed E-state index contributed by atoms with van der Waals surface area (Å²) in [5, 5.41) is 7.99. The van der Waals surface area contributed by atoms with Gasteiger partial charge in [-0.25, -0.2) is 0 Å². The van der Waals surface area contributed by atoms with Crippen LogP contribution >= 0.6 is 0 Å². The van der Waals surface area contributed by atoms with E-state index in [1.165, 1.54) is 5.69 Å². The van der Waals surface area contributed by atoms with Gasteiger partial charge in [0.1, 0.15) is 0 Å². The molecular weight excluding hydrogens is 222 g/mol. The van der Waals surface area contributed by atoms with Crippen LogP contribution in [0.3, 0.4) is 0 Å². The zero-order valence-electron chi connectivity index (χ0n) is 12.8. The van der Waals surface area contributed by atoms with Crippen LogP contribution in [-0.4, -0.2) is 16.3 Å². The Hall–Kier alpha value is -0.830. The van der Waals surface area contributed by atoms with Gasteiger partial charge >= 0.3 is 0 Å². The van der Waals surface area contributed by atoms with E-state index in [0.29, 0.717) is 17.4 Å². The molecule has 0 radical (unpaired) electrons. The molecule has 0 spiro atoms. The molecule has 18 heavy (non-hydrogen) atoms. The quantitative estimate of drug-likeness (QED) is 0.836. The van der Waals surface area contributed by atoms with Crippen molar-refractivity contribution in [3.63, 3.8) is 0 Å². The summed E-state index contributed by atoms with van der Waals surface area (Å²) in [6, 6.07) is 2.55. The monoisotopic (exact) mass is 251 g/mol. The molecule has 0 amide bonds. The molecule has 0 aromatic carbocycles. The third-order valence-corrected chi connectivity index (χ3v) is 3.92. The highest BCUT2D eigenvalue weighted by Crippen LogP contribution is 2.33. The van der Waals surface area contributed by atoms with Crippen molar-refractivity contribution in [3.05, 3.63) is 18.0 Å². The molecule has 1 rings (SSSR count). The van der Waals surface area contributed by atoms with E-state index in [1.54, 1.807) is 0 Å². The standard InChI is InChI=1S/C15H29N3/c1-7-16-13(11-12(3)15(4,5)6)14-9-10-17-18(14)8-2/h9-10,12-13,16H,7-8,11H2,1-6H3. The number of aromatic nitrogens is 2. The lowest BCUT2D eigenvalue weighted by Crippen LogP contribution is -2.29. The van der Waals surface area contributed by atoms with E-state index in [0.717, 1.165) is 19.5 Å². The van der Waals surface area contributed by atoms with Crippen LogP contribution in [0.1, 0.15) is 59.7 Å². The van der Waals surface area contributed by atoms with Crippen molar-refractivity contribution in [2.45, 2.75) is 60.5 Å². The summed E-state index contributed by atoms with van der Waals surface area (Å²) in [4.78, 5) is 0. The second kappa shape index (κ2) is 6.37. The largest absolute Gasteiger partial charge is 0.309 e. The van der Waals surface area contributed by atoms with Crippen LogP contribution in [0.25, 0.3) is 0 Å². The van der Waals surface area contributed by atoms with Crippen LogP contribution in [0.2, 0.25) is 0 Å². The van der Waals surface area contributed by atoms with E-state index in [1.807, 2.05) is 6.20 Å². The van der Waals surface area contributed by atoms with Crippen molar-refractivity contribution in [1.29, 1.82) is 0 Å². The molecule has 0 aliphatic rings. The Morgan fingerprint density at radius 3 is 2.50 bits per heavy atom. The summed E-state index contributed by atoms with van der Waals surface area (Å²) in [5.41, 5.74) is 1.67. The van der Waals surface area contributed by atoms with Crippen molar-refractivity contribution in [2.75, 3.05) is 6.54 Å². The maximum Gasteiger partial charge on any atom is 0.0553 e. The lowest BCUT2D eigenvalue weighted by Gasteiger charge is -2.31. The minimum absolute atomic E-state index is 0.352. The smallest absolute Gasteiger partial charge is 0.0553 e. The summed E-state index contributed by atoms with van der Waals surface area (Å²) in [5.74, 6) is 0.668. The predicted octanol–water partition coefficient (Wildman–Crippen LogP) is 3.63. The first-order valence-corrected chi connectivity index (χ1v) is 7.15.